The number of thiazole rings is 1. The number of halogens is 2. The Morgan fingerprint density at radius 1 is 0.972 bits per heavy atom. The summed E-state index contributed by atoms with van der Waals surface area (Å²) in [4.78, 5) is 18.6. The highest BCUT2D eigenvalue weighted by Crippen LogP contribution is 2.24. The third-order valence-corrected chi connectivity index (χ3v) is 7.58. The van der Waals surface area contributed by atoms with Crippen molar-refractivity contribution in [2.75, 3.05) is 0 Å². The second-order valence-electron chi connectivity index (χ2n) is 7.98. The van der Waals surface area contributed by atoms with Gasteiger partial charge in [-0.15, -0.1) is 11.3 Å². The zero-order valence-electron chi connectivity index (χ0n) is 19.5. The summed E-state index contributed by atoms with van der Waals surface area (Å²) >= 11 is 3.55. The van der Waals surface area contributed by atoms with Gasteiger partial charge in [-0.3, -0.25) is 9.48 Å². The van der Waals surface area contributed by atoms with E-state index < -0.39 is 0 Å². The fourth-order valence-corrected chi connectivity index (χ4v) is 5.18. The number of para-hydroxylation sites is 1. The van der Waals surface area contributed by atoms with Crippen LogP contribution in [0.3, 0.4) is 0 Å². The van der Waals surface area contributed by atoms with Crippen LogP contribution in [0.4, 0.5) is 10.1 Å². The molecule has 2 heterocycles. The summed E-state index contributed by atoms with van der Waals surface area (Å²) in [5.74, 6) is -0.359. The molecule has 0 saturated heterocycles. The summed E-state index contributed by atoms with van der Waals surface area (Å²) in [6, 6.07) is 23.8. The van der Waals surface area contributed by atoms with Crippen molar-refractivity contribution in [1.29, 1.82) is 0 Å². The van der Waals surface area contributed by atoms with Crippen molar-refractivity contribution < 1.29 is 4.39 Å². The van der Waals surface area contributed by atoms with Crippen LogP contribution in [0.25, 0.3) is 16.9 Å². The van der Waals surface area contributed by atoms with Crippen LogP contribution in [0.5, 0.6) is 0 Å². The minimum Gasteiger partial charge on any atom is -0.283 e. The molecular formula is C27H21FIN5OS. The van der Waals surface area contributed by atoms with Gasteiger partial charge in [-0.2, -0.15) is 5.10 Å². The Hall–Kier alpha value is -3.57. The third-order valence-electron chi connectivity index (χ3n) is 5.78. The molecule has 0 unspecified atom stereocenters. The van der Waals surface area contributed by atoms with E-state index in [0.717, 1.165) is 14.8 Å². The molecular weight excluding hydrogens is 588 g/mol. The van der Waals surface area contributed by atoms with E-state index in [9.17, 15) is 9.18 Å². The Morgan fingerprint density at radius 2 is 1.67 bits per heavy atom. The normalized spacial score (nSPS) is 12.1. The van der Waals surface area contributed by atoms with Gasteiger partial charge in [0.25, 0.3) is 5.56 Å². The molecule has 0 amide bonds. The highest BCUT2D eigenvalue weighted by molar-refractivity contribution is 14.1. The zero-order chi connectivity index (χ0) is 25.2. The van der Waals surface area contributed by atoms with Gasteiger partial charge in [-0.25, -0.2) is 18.7 Å². The van der Waals surface area contributed by atoms with Crippen LogP contribution in [-0.4, -0.2) is 20.3 Å². The van der Waals surface area contributed by atoms with Gasteiger partial charge >= 0.3 is 0 Å². The Bertz CT molecular complexity index is 1710. The summed E-state index contributed by atoms with van der Waals surface area (Å²) in [6.07, 6.45) is 1.72. The molecule has 5 aromatic rings. The molecule has 3 aromatic carbocycles. The summed E-state index contributed by atoms with van der Waals surface area (Å²) < 4.78 is 20.7. The molecule has 0 atom stereocenters. The summed E-state index contributed by atoms with van der Waals surface area (Å²) in [5, 5.41) is 6.48. The molecule has 180 valence electrons. The Balaban J connectivity index is 1.72. The maximum Gasteiger partial charge on any atom is 0.297 e. The van der Waals surface area contributed by atoms with Crippen LogP contribution in [0, 0.1) is 16.3 Å². The number of aromatic nitrogens is 3. The van der Waals surface area contributed by atoms with Crippen molar-refractivity contribution in [1.82, 2.24) is 14.0 Å². The monoisotopic (exact) mass is 609 g/mol. The number of benzene rings is 3. The van der Waals surface area contributed by atoms with Crippen LogP contribution in [0.15, 0.2) is 99.1 Å². The standard InChI is InChI=1S/C27H21FIN5OS/c1-18-25(26(35)34(32(18)2)20-11-4-3-5-12-20)31-27-33(30-16-19-10-6-9-15-23(19)29)24(17-36-27)21-13-7-8-14-22(21)28/h3-17H,1-2H3. The van der Waals surface area contributed by atoms with Crippen molar-refractivity contribution in [2.24, 2.45) is 17.1 Å². The van der Waals surface area contributed by atoms with E-state index in [1.807, 2.05) is 68.6 Å². The van der Waals surface area contributed by atoms with Gasteiger partial charge in [-0.1, -0.05) is 48.5 Å². The van der Waals surface area contributed by atoms with E-state index in [0.29, 0.717) is 27.4 Å². The van der Waals surface area contributed by atoms with E-state index in [1.54, 1.807) is 43.8 Å². The van der Waals surface area contributed by atoms with Crippen molar-refractivity contribution in [2.45, 2.75) is 6.92 Å². The zero-order valence-corrected chi connectivity index (χ0v) is 22.4. The van der Waals surface area contributed by atoms with Gasteiger partial charge in [0, 0.05) is 27.1 Å². The summed E-state index contributed by atoms with van der Waals surface area (Å²) in [5.41, 5.74) is 3.40. The first-order valence-corrected chi connectivity index (χ1v) is 13.0. The molecule has 36 heavy (non-hydrogen) atoms. The van der Waals surface area contributed by atoms with Crippen LogP contribution in [0.2, 0.25) is 0 Å². The Morgan fingerprint density at radius 3 is 2.42 bits per heavy atom. The van der Waals surface area contributed by atoms with Gasteiger partial charge in [0.15, 0.2) is 5.69 Å². The number of rotatable bonds is 5. The van der Waals surface area contributed by atoms with Crippen LogP contribution < -0.4 is 10.4 Å². The van der Waals surface area contributed by atoms with Gasteiger partial charge in [0.05, 0.1) is 23.3 Å². The van der Waals surface area contributed by atoms with Gasteiger partial charge < -0.3 is 0 Å². The van der Waals surface area contributed by atoms with Gasteiger partial charge in [0.2, 0.25) is 4.80 Å². The molecule has 5 rings (SSSR count). The van der Waals surface area contributed by atoms with E-state index in [2.05, 4.69) is 27.7 Å². The molecule has 0 bridgehead atoms. The molecule has 0 spiro atoms. The SMILES string of the molecule is Cc1c(N=c2scc(-c3ccccc3F)n2N=Cc2ccccc2I)c(=O)n(-c2ccccc2)n1C. The number of nitrogens with zero attached hydrogens (tertiary/aromatic N) is 5. The fraction of sp³-hybridized carbons (Fsp3) is 0.0741. The first-order chi connectivity index (χ1) is 17.5. The maximum absolute atomic E-state index is 14.7. The lowest BCUT2D eigenvalue weighted by molar-refractivity contribution is 0.629. The van der Waals surface area contributed by atoms with Crippen LogP contribution in [0.1, 0.15) is 11.3 Å². The molecule has 0 aliphatic rings. The second-order valence-corrected chi connectivity index (χ2v) is 9.98. The average Bonchev–Trinajstić information content (AvgIpc) is 3.38. The van der Waals surface area contributed by atoms with Crippen LogP contribution >= 0.6 is 33.9 Å². The third kappa shape index (κ3) is 4.51. The lowest BCUT2D eigenvalue weighted by atomic mass is 10.1. The second kappa shape index (κ2) is 10.2. The lowest BCUT2D eigenvalue weighted by Crippen LogP contribution is -2.20. The van der Waals surface area contributed by atoms with Crippen molar-refractivity contribution >= 4 is 45.8 Å². The molecule has 0 radical (unpaired) electrons. The number of hydrogen-bond acceptors (Lipinski definition) is 4. The highest BCUT2D eigenvalue weighted by atomic mass is 127. The predicted octanol–water partition coefficient (Wildman–Crippen LogP) is 5.87. The van der Waals surface area contributed by atoms with E-state index in [4.69, 9.17) is 4.99 Å². The Kier molecular flexibility index (Phi) is 6.84. The fourth-order valence-electron chi connectivity index (χ4n) is 3.82. The first kappa shape index (κ1) is 24.1. The molecule has 0 fully saturated rings. The minimum atomic E-state index is -0.359. The van der Waals surface area contributed by atoms with Crippen molar-refractivity contribution in [3.05, 3.63) is 120 Å². The molecule has 6 nitrogen and oxygen atoms in total. The maximum atomic E-state index is 14.7. The van der Waals surface area contributed by atoms with Gasteiger partial charge in [-0.05, 0) is 59.8 Å². The quantitative estimate of drug-likeness (QED) is 0.182. The topological polar surface area (TPSA) is 56.6 Å². The van der Waals surface area contributed by atoms with E-state index in [1.165, 1.54) is 17.4 Å². The van der Waals surface area contributed by atoms with Gasteiger partial charge in [0.1, 0.15) is 5.82 Å². The van der Waals surface area contributed by atoms with Crippen LogP contribution in [-0.2, 0) is 7.05 Å². The van der Waals surface area contributed by atoms with E-state index in [-0.39, 0.29) is 11.4 Å². The molecule has 0 saturated carbocycles. The number of hydrogen-bond donors (Lipinski definition) is 0. The average molecular weight is 609 g/mol. The molecule has 0 aliphatic carbocycles. The largest absolute Gasteiger partial charge is 0.297 e. The predicted molar refractivity (Wildman–Crippen MR) is 151 cm³/mol. The smallest absolute Gasteiger partial charge is 0.283 e. The minimum absolute atomic E-state index is 0.241. The highest BCUT2D eigenvalue weighted by Gasteiger charge is 2.17. The Labute approximate surface area is 224 Å². The van der Waals surface area contributed by atoms with Crippen molar-refractivity contribution in [3.63, 3.8) is 0 Å². The lowest BCUT2D eigenvalue weighted by Gasteiger charge is -2.07. The summed E-state index contributed by atoms with van der Waals surface area (Å²) in [6.45, 7) is 1.85. The molecule has 2 aromatic heterocycles. The summed E-state index contributed by atoms with van der Waals surface area (Å²) in [7, 11) is 1.82. The first-order valence-electron chi connectivity index (χ1n) is 11.1. The van der Waals surface area contributed by atoms with E-state index >= 15 is 0 Å². The molecule has 0 aliphatic heterocycles. The molecule has 9 heteroatoms. The molecule has 0 N–H and O–H groups in total. The van der Waals surface area contributed by atoms with Crippen molar-refractivity contribution in [3.8, 4) is 16.9 Å².